The summed E-state index contributed by atoms with van der Waals surface area (Å²) in [6.07, 6.45) is 0. The molecular formula is C20H19N3. The highest BCUT2D eigenvalue weighted by Crippen LogP contribution is 2.28. The Bertz CT molecular complexity index is 795. The Morgan fingerprint density at radius 3 is 2.00 bits per heavy atom. The van der Waals surface area contributed by atoms with E-state index in [0.717, 1.165) is 22.6 Å². The van der Waals surface area contributed by atoms with E-state index in [1.54, 1.807) is 0 Å². The van der Waals surface area contributed by atoms with Gasteiger partial charge in [0.2, 0.25) is 5.96 Å². The fraction of sp³-hybridized carbons (Fsp3) is 0.0500. The van der Waals surface area contributed by atoms with Crippen LogP contribution >= 0.6 is 0 Å². The number of anilines is 2. The van der Waals surface area contributed by atoms with E-state index in [9.17, 15) is 0 Å². The topological polar surface area (TPSA) is 41.6 Å². The number of hydrogen-bond acceptors (Lipinski definition) is 1. The van der Waals surface area contributed by atoms with Gasteiger partial charge >= 0.3 is 0 Å². The van der Waals surface area contributed by atoms with E-state index >= 15 is 0 Å². The molecule has 114 valence electrons. The molecular weight excluding hydrogens is 282 g/mol. The first-order valence-corrected chi connectivity index (χ1v) is 7.56. The molecule has 3 nitrogen and oxygen atoms in total. The van der Waals surface area contributed by atoms with Crippen molar-refractivity contribution in [3.05, 3.63) is 90.5 Å². The van der Waals surface area contributed by atoms with Crippen LogP contribution < -0.4 is 10.6 Å². The van der Waals surface area contributed by atoms with Crippen LogP contribution in [-0.2, 0) is 0 Å². The predicted octanol–water partition coefficient (Wildman–Crippen LogP) is 4.78. The van der Waals surface area contributed by atoms with Crippen molar-refractivity contribution in [3.63, 3.8) is 0 Å². The summed E-state index contributed by atoms with van der Waals surface area (Å²) < 4.78 is 0. The average Bonchev–Trinajstić information content (AvgIpc) is 2.59. The van der Waals surface area contributed by atoms with Crippen LogP contribution in [-0.4, -0.2) is 5.96 Å². The Labute approximate surface area is 136 Å². The van der Waals surface area contributed by atoms with Crippen molar-refractivity contribution in [2.24, 2.45) is 10.7 Å². The van der Waals surface area contributed by atoms with Gasteiger partial charge in [0, 0.05) is 5.69 Å². The third kappa shape index (κ3) is 3.40. The number of guanidine groups is 1. The minimum atomic E-state index is 0.441. The van der Waals surface area contributed by atoms with E-state index in [-0.39, 0.29) is 0 Å². The Balaban J connectivity index is 2.09. The summed E-state index contributed by atoms with van der Waals surface area (Å²) in [5.41, 5.74) is 10.3. The zero-order valence-electron chi connectivity index (χ0n) is 13.1. The summed E-state index contributed by atoms with van der Waals surface area (Å²) >= 11 is 0. The Morgan fingerprint density at radius 2 is 1.35 bits per heavy atom. The highest BCUT2D eigenvalue weighted by molar-refractivity contribution is 6.03. The second-order valence-corrected chi connectivity index (χ2v) is 5.26. The summed E-state index contributed by atoms with van der Waals surface area (Å²) in [4.78, 5) is 6.55. The molecule has 0 aromatic heterocycles. The lowest BCUT2D eigenvalue weighted by Crippen LogP contribution is -2.33. The zero-order chi connectivity index (χ0) is 16.1. The van der Waals surface area contributed by atoms with Crippen molar-refractivity contribution in [2.75, 3.05) is 4.90 Å². The summed E-state index contributed by atoms with van der Waals surface area (Å²) in [7, 11) is 0. The maximum Gasteiger partial charge on any atom is 0.205 e. The maximum atomic E-state index is 6.36. The third-order valence-electron chi connectivity index (χ3n) is 3.60. The molecule has 0 aliphatic rings. The molecule has 0 bridgehead atoms. The summed E-state index contributed by atoms with van der Waals surface area (Å²) in [6, 6.07) is 27.9. The van der Waals surface area contributed by atoms with Crippen LogP contribution in [0.5, 0.6) is 0 Å². The van der Waals surface area contributed by atoms with Crippen LogP contribution in [0, 0.1) is 6.92 Å². The van der Waals surface area contributed by atoms with Gasteiger partial charge in [0.15, 0.2) is 0 Å². The van der Waals surface area contributed by atoms with Crippen LogP contribution in [0.15, 0.2) is 89.9 Å². The van der Waals surface area contributed by atoms with Gasteiger partial charge in [-0.05, 0) is 42.8 Å². The number of rotatable bonds is 3. The lowest BCUT2D eigenvalue weighted by molar-refractivity contribution is 1.25. The second kappa shape index (κ2) is 6.79. The predicted molar refractivity (Wildman–Crippen MR) is 97.5 cm³/mol. The van der Waals surface area contributed by atoms with Gasteiger partial charge in [0.1, 0.15) is 0 Å². The molecule has 0 heterocycles. The van der Waals surface area contributed by atoms with E-state index in [2.05, 4.69) is 24.0 Å². The van der Waals surface area contributed by atoms with Gasteiger partial charge in [0.25, 0.3) is 0 Å². The summed E-state index contributed by atoms with van der Waals surface area (Å²) in [6.45, 7) is 2.07. The van der Waals surface area contributed by atoms with Crippen molar-refractivity contribution in [3.8, 4) is 0 Å². The lowest BCUT2D eigenvalue weighted by Gasteiger charge is -2.25. The van der Waals surface area contributed by atoms with Crippen LogP contribution in [0.1, 0.15) is 5.56 Å². The molecule has 0 amide bonds. The van der Waals surface area contributed by atoms with E-state index in [4.69, 9.17) is 5.73 Å². The molecule has 0 aliphatic carbocycles. The SMILES string of the molecule is Cc1ccccc1N(/C(N)=N/c1ccccc1)c1ccccc1. The lowest BCUT2D eigenvalue weighted by atomic mass is 10.1. The van der Waals surface area contributed by atoms with Gasteiger partial charge < -0.3 is 5.73 Å². The van der Waals surface area contributed by atoms with Crippen LogP contribution in [0.4, 0.5) is 17.1 Å². The maximum absolute atomic E-state index is 6.36. The van der Waals surface area contributed by atoms with Crippen molar-refractivity contribution < 1.29 is 0 Å². The van der Waals surface area contributed by atoms with Gasteiger partial charge in [-0.25, -0.2) is 4.99 Å². The molecule has 23 heavy (non-hydrogen) atoms. The first kappa shape index (κ1) is 14.9. The summed E-state index contributed by atoms with van der Waals surface area (Å²) in [5.74, 6) is 0.441. The highest BCUT2D eigenvalue weighted by Gasteiger charge is 2.15. The van der Waals surface area contributed by atoms with Crippen LogP contribution in [0.3, 0.4) is 0 Å². The molecule has 3 rings (SSSR count). The van der Waals surface area contributed by atoms with Crippen molar-refractivity contribution >= 4 is 23.0 Å². The number of aliphatic imine (C=N–C) groups is 1. The number of nitrogens with zero attached hydrogens (tertiary/aromatic N) is 2. The van der Waals surface area contributed by atoms with Crippen molar-refractivity contribution in [1.82, 2.24) is 0 Å². The van der Waals surface area contributed by atoms with Crippen LogP contribution in [0.2, 0.25) is 0 Å². The first-order valence-electron chi connectivity index (χ1n) is 7.56. The van der Waals surface area contributed by atoms with Gasteiger partial charge in [-0.15, -0.1) is 0 Å². The summed E-state index contributed by atoms with van der Waals surface area (Å²) in [5, 5.41) is 0. The van der Waals surface area contributed by atoms with E-state index in [1.165, 1.54) is 0 Å². The number of aryl methyl sites for hydroxylation is 1. The largest absolute Gasteiger partial charge is 0.369 e. The molecule has 0 fully saturated rings. The molecule has 0 radical (unpaired) electrons. The first-order chi connectivity index (χ1) is 11.3. The molecule has 0 spiro atoms. The molecule has 0 aliphatic heterocycles. The fourth-order valence-corrected chi connectivity index (χ4v) is 2.47. The quantitative estimate of drug-likeness (QED) is 0.559. The molecule has 2 N–H and O–H groups in total. The zero-order valence-corrected chi connectivity index (χ0v) is 13.1. The van der Waals surface area contributed by atoms with Gasteiger partial charge in [-0.1, -0.05) is 54.6 Å². The molecule has 3 aromatic carbocycles. The molecule has 0 atom stereocenters. The van der Waals surface area contributed by atoms with E-state index < -0.39 is 0 Å². The smallest absolute Gasteiger partial charge is 0.205 e. The molecule has 3 aromatic rings. The number of para-hydroxylation sites is 3. The van der Waals surface area contributed by atoms with Gasteiger partial charge in [-0.3, -0.25) is 4.90 Å². The molecule has 0 saturated heterocycles. The minimum absolute atomic E-state index is 0.441. The second-order valence-electron chi connectivity index (χ2n) is 5.26. The molecule has 0 saturated carbocycles. The minimum Gasteiger partial charge on any atom is -0.369 e. The van der Waals surface area contributed by atoms with Crippen molar-refractivity contribution in [2.45, 2.75) is 6.92 Å². The van der Waals surface area contributed by atoms with Gasteiger partial charge in [0.05, 0.1) is 11.4 Å². The fourth-order valence-electron chi connectivity index (χ4n) is 2.47. The number of benzene rings is 3. The number of nitrogens with two attached hydrogens (primary N) is 1. The number of hydrogen-bond donors (Lipinski definition) is 1. The van der Waals surface area contributed by atoms with E-state index in [0.29, 0.717) is 5.96 Å². The monoisotopic (exact) mass is 301 g/mol. The molecule has 0 unspecified atom stereocenters. The van der Waals surface area contributed by atoms with Crippen molar-refractivity contribution in [1.29, 1.82) is 0 Å². The average molecular weight is 301 g/mol. The third-order valence-corrected chi connectivity index (χ3v) is 3.60. The standard InChI is InChI=1S/C20H19N3/c1-16-10-8-9-15-19(16)23(18-13-6-3-7-14-18)20(21)22-17-11-4-2-5-12-17/h2-15H,1H3,(H2,21,22). The Kier molecular flexibility index (Phi) is 4.39. The molecule has 3 heteroatoms. The Hall–Kier alpha value is -3.07. The Morgan fingerprint density at radius 1 is 0.783 bits per heavy atom. The van der Waals surface area contributed by atoms with Crippen LogP contribution in [0.25, 0.3) is 0 Å². The van der Waals surface area contributed by atoms with Gasteiger partial charge in [-0.2, -0.15) is 0 Å². The van der Waals surface area contributed by atoms with E-state index in [1.807, 2.05) is 77.7 Å². The highest BCUT2D eigenvalue weighted by atomic mass is 15.3. The normalized spacial score (nSPS) is 11.3.